The molecule has 0 aromatic rings. The molecule has 5 nitrogen and oxygen atoms in total. The maximum Gasteiger partial charge on any atom is 0.303 e. The lowest BCUT2D eigenvalue weighted by atomic mass is 9.78. The Morgan fingerprint density at radius 1 is 1.10 bits per heavy atom. The fourth-order valence-corrected chi connectivity index (χ4v) is 3.83. The lowest BCUT2D eigenvalue weighted by Crippen LogP contribution is -2.50. The van der Waals surface area contributed by atoms with Gasteiger partial charge in [0.15, 0.2) is 0 Å². The molecule has 0 atom stereocenters. The smallest absolute Gasteiger partial charge is 0.303 e. The van der Waals surface area contributed by atoms with Gasteiger partial charge >= 0.3 is 5.97 Å². The van der Waals surface area contributed by atoms with Crippen LogP contribution in [0.1, 0.15) is 57.8 Å². The summed E-state index contributed by atoms with van der Waals surface area (Å²) in [5.74, 6) is -0.294. The van der Waals surface area contributed by atoms with E-state index in [1.54, 1.807) is 0 Å². The van der Waals surface area contributed by atoms with Crippen molar-refractivity contribution in [2.24, 2.45) is 17.1 Å². The molecule has 1 heterocycles. The summed E-state index contributed by atoms with van der Waals surface area (Å²) in [6.07, 6.45) is 8.26. The SMILES string of the molecule is NCC1(C(=O)N2CCC(CC(=O)O)CC2)CCCCCC1. The predicted molar refractivity (Wildman–Crippen MR) is 80.7 cm³/mol. The van der Waals surface area contributed by atoms with Crippen LogP contribution in [0.3, 0.4) is 0 Å². The highest BCUT2D eigenvalue weighted by Gasteiger charge is 2.40. The van der Waals surface area contributed by atoms with E-state index in [0.29, 0.717) is 19.6 Å². The summed E-state index contributed by atoms with van der Waals surface area (Å²) in [4.78, 5) is 25.6. The zero-order valence-corrected chi connectivity index (χ0v) is 12.9. The van der Waals surface area contributed by atoms with E-state index < -0.39 is 5.97 Å². The summed E-state index contributed by atoms with van der Waals surface area (Å²) in [7, 11) is 0. The monoisotopic (exact) mass is 296 g/mol. The highest BCUT2D eigenvalue weighted by Crippen LogP contribution is 2.37. The van der Waals surface area contributed by atoms with Gasteiger partial charge in [0.05, 0.1) is 5.41 Å². The van der Waals surface area contributed by atoms with Crippen molar-refractivity contribution >= 4 is 11.9 Å². The predicted octanol–water partition coefficient (Wildman–Crippen LogP) is 2.00. The van der Waals surface area contributed by atoms with Gasteiger partial charge < -0.3 is 15.7 Å². The van der Waals surface area contributed by atoms with Gasteiger partial charge in [-0.05, 0) is 31.6 Å². The third kappa shape index (κ3) is 3.96. The van der Waals surface area contributed by atoms with Crippen LogP contribution in [0.5, 0.6) is 0 Å². The van der Waals surface area contributed by atoms with Crippen LogP contribution in [-0.2, 0) is 9.59 Å². The second-order valence-corrected chi connectivity index (χ2v) is 6.73. The topological polar surface area (TPSA) is 83.6 Å². The van der Waals surface area contributed by atoms with E-state index in [4.69, 9.17) is 10.8 Å². The first-order valence-corrected chi connectivity index (χ1v) is 8.29. The van der Waals surface area contributed by atoms with Crippen LogP contribution >= 0.6 is 0 Å². The number of likely N-dealkylation sites (tertiary alicyclic amines) is 1. The van der Waals surface area contributed by atoms with Crippen LogP contribution in [0.15, 0.2) is 0 Å². The quantitative estimate of drug-likeness (QED) is 0.777. The van der Waals surface area contributed by atoms with Gasteiger partial charge in [-0.25, -0.2) is 0 Å². The van der Waals surface area contributed by atoms with Gasteiger partial charge in [-0.15, -0.1) is 0 Å². The molecule has 1 amide bonds. The Bertz CT molecular complexity index is 368. The molecule has 2 fully saturated rings. The molecular weight excluding hydrogens is 268 g/mol. The molecule has 1 saturated carbocycles. The van der Waals surface area contributed by atoms with Crippen molar-refractivity contribution in [3.63, 3.8) is 0 Å². The Labute approximate surface area is 126 Å². The third-order valence-corrected chi connectivity index (χ3v) is 5.27. The molecular formula is C16H28N2O3. The number of carboxylic acid groups (broad SMARTS) is 1. The van der Waals surface area contributed by atoms with Crippen LogP contribution in [0.25, 0.3) is 0 Å². The van der Waals surface area contributed by atoms with Gasteiger partial charge in [-0.3, -0.25) is 9.59 Å². The number of carboxylic acids is 1. The fourth-order valence-electron chi connectivity index (χ4n) is 3.83. The lowest BCUT2D eigenvalue weighted by Gasteiger charge is -2.39. The van der Waals surface area contributed by atoms with Gasteiger partial charge in [0.2, 0.25) is 5.91 Å². The molecule has 0 aromatic carbocycles. The van der Waals surface area contributed by atoms with Gasteiger partial charge in [0.25, 0.3) is 0 Å². The molecule has 0 unspecified atom stereocenters. The molecule has 1 aliphatic carbocycles. The minimum Gasteiger partial charge on any atom is -0.481 e. The highest BCUT2D eigenvalue weighted by molar-refractivity contribution is 5.83. The summed E-state index contributed by atoms with van der Waals surface area (Å²) in [6, 6.07) is 0. The maximum atomic E-state index is 12.9. The highest BCUT2D eigenvalue weighted by atomic mass is 16.4. The van der Waals surface area contributed by atoms with E-state index in [1.165, 1.54) is 12.8 Å². The largest absolute Gasteiger partial charge is 0.481 e. The Morgan fingerprint density at radius 2 is 1.67 bits per heavy atom. The van der Waals surface area contributed by atoms with Crippen molar-refractivity contribution in [1.82, 2.24) is 4.90 Å². The number of aliphatic carboxylic acids is 1. The Morgan fingerprint density at radius 3 is 2.14 bits per heavy atom. The minimum atomic E-state index is -0.734. The number of hydrogen-bond donors (Lipinski definition) is 2. The van der Waals surface area contributed by atoms with Gasteiger partial charge in [-0.2, -0.15) is 0 Å². The minimum absolute atomic E-state index is 0.217. The van der Waals surface area contributed by atoms with Crippen LogP contribution in [-0.4, -0.2) is 41.5 Å². The van der Waals surface area contributed by atoms with E-state index in [-0.39, 0.29) is 23.7 Å². The summed E-state index contributed by atoms with van der Waals surface area (Å²) < 4.78 is 0. The van der Waals surface area contributed by atoms with Crippen LogP contribution in [0.4, 0.5) is 0 Å². The van der Waals surface area contributed by atoms with Crippen molar-refractivity contribution in [2.75, 3.05) is 19.6 Å². The first-order valence-electron chi connectivity index (χ1n) is 8.29. The van der Waals surface area contributed by atoms with Crippen molar-refractivity contribution in [2.45, 2.75) is 57.8 Å². The van der Waals surface area contributed by atoms with Gasteiger partial charge in [0.1, 0.15) is 0 Å². The fraction of sp³-hybridized carbons (Fsp3) is 0.875. The van der Waals surface area contributed by atoms with Gasteiger partial charge in [-0.1, -0.05) is 25.7 Å². The van der Waals surface area contributed by atoms with Crippen molar-refractivity contribution < 1.29 is 14.7 Å². The number of carbonyl (C=O) groups excluding carboxylic acids is 1. The molecule has 0 radical (unpaired) electrons. The third-order valence-electron chi connectivity index (χ3n) is 5.27. The number of nitrogens with two attached hydrogens (primary N) is 1. The average Bonchev–Trinajstić information content (AvgIpc) is 2.73. The van der Waals surface area contributed by atoms with Crippen LogP contribution < -0.4 is 5.73 Å². The van der Waals surface area contributed by atoms with Crippen LogP contribution in [0, 0.1) is 11.3 Å². The molecule has 0 bridgehead atoms. The molecule has 21 heavy (non-hydrogen) atoms. The summed E-state index contributed by atoms with van der Waals surface area (Å²) in [5, 5.41) is 8.86. The number of carbonyl (C=O) groups is 2. The number of nitrogens with zero attached hydrogens (tertiary/aromatic N) is 1. The Balaban J connectivity index is 1.94. The van der Waals surface area contributed by atoms with E-state index in [9.17, 15) is 9.59 Å². The first-order chi connectivity index (χ1) is 10.1. The standard InChI is InChI=1S/C16H28N2O3/c17-12-16(7-3-1-2-4-8-16)15(21)18-9-5-13(6-10-18)11-14(19)20/h13H,1-12,17H2,(H,19,20). The summed E-state index contributed by atoms with van der Waals surface area (Å²) in [6.45, 7) is 1.83. The average molecular weight is 296 g/mol. The van der Waals surface area contributed by atoms with E-state index in [0.717, 1.165) is 38.5 Å². The van der Waals surface area contributed by atoms with E-state index in [1.807, 2.05) is 4.90 Å². The van der Waals surface area contributed by atoms with Crippen molar-refractivity contribution in [3.8, 4) is 0 Å². The van der Waals surface area contributed by atoms with Gasteiger partial charge in [0, 0.05) is 26.1 Å². The summed E-state index contributed by atoms with van der Waals surface area (Å²) in [5.41, 5.74) is 5.63. The lowest BCUT2D eigenvalue weighted by molar-refractivity contribution is -0.144. The molecule has 2 aliphatic rings. The number of amides is 1. The molecule has 5 heteroatoms. The molecule has 2 rings (SSSR count). The molecule has 120 valence electrons. The normalized spacial score (nSPS) is 23.6. The second-order valence-electron chi connectivity index (χ2n) is 6.73. The Hall–Kier alpha value is -1.10. The van der Waals surface area contributed by atoms with Crippen LogP contribution in [0.2, 0.25) is 0 Å². The molecule has 0 aromatic heterocycles. The van der Waals surface area contributed by atoms with Crippen molar-refractivity contribution in [1.29, 1.82) is 0 Å². The van der Waals surface area contributed by atoms with Crippen molar-refractivity contribution in [3.05, 3.63) is 0 Å². The zero-order valence-electron chi connectivity index (χ0n) is 12.9. The number of rotatable bonds is 4. The molecule has 0 spiro atoms. The molecule has 1 aliphatic heterocycles. The number of hydrogen-bond acceptors (Lipinski definition) is 3. The Kier molecular flexibility index (Phi) is 5.62. The zero-order chi connectivity index (χ0) is 15.3. The molecule has 3 N–H and O–H groups in total. The van der Waals surface area contributed by atoms with E-state index in [2.05, 4.69) is 0 Å². The summed E-state index contributed by atoms with van der Waals surface area (Å²) >= 11 is 0. The maximum absolute atomic E-state index is 12.9. The first kappa shape index (κ1) is 16.3. The van der Waals surface area contributed by atoms with E-state index >= 15 is 0 Å². The second kappa shape index (κ2) is 7.25. The number of piperidine rings is 1. The molecule has 1 saturated heterocycles.